The van der Waals surface area contributed by atoms with Gasteiger partial charge in [0.15, 0.2) is 0 Å². The predicted molar refractivity (Wildman–Crippen MR) is 247 cm³/mol. The average Bonchev–Trinajstić information content (AvgIpc) is 3.60. The molecule has 0 unspecified atom stereocenters. The van der Waals surface area contributed by atoms with Crippen LogP contribution in [0.4, 0.5) is 0 Å². The minimum atomic E-state index is -0.444. The summed E-state index contributed by atoms with van der Waals surface area (Å²) < 4.78 is 0. The van der Waals surface area contributed by atoms with Gasteiger partial charge < -0.3 is 0 Å². The van der Waals surface area contributed by atoms with Gasteiger partial charge in [-0.05, 0) is 116 Å². The van der Waals surface area contributed by atoms with Gasteiger partial charge in [0.2, 0.25) is 0 Å². The molecule has 2 nitrogen and oxygen atoms in total. The van der Waals surface area contributed by atoms with Gasteiger partial charge in [-0.2, -0.15) is 0 Å². The van der Waals surface area contributed by atoms with E-state index in [1.165, 1.54) is 94.0 Å². The highest BCUT2D eigenvalue weighted by atomic mass is 14.8. The fourth-order valence-corrected chi connectivity index (χ4v) is 10.1. The molecule has 8 aromatic carbocycles. The first kappa shape index (κ1) is 35.0. The van der Waals surface area contributed by atoms with Crippen LogP contribution < -0.4 is 0 Å². The second kappa shape index (κ2) is 13.5. The van der Waals surface area contributed by atoms with Crippen LogP contribution in [0.3, 0.4) is 0 Å². The molecule has 0 atom stereocenters. The molecule has 0 saturated carbocycles. The summed E-state index contributed by atoms with van der Waals surface area (Å²) >= 11 is 0. The minimum Gasteiger partial charge on any atom is -0.254 e. The molecule has 10 aromatic rings. The topological polar surface area (TPSA) is 25.8 Å². The fourth-order valence-electron chi connectivity index (χ4n) is 10.1. The molecule has 0 amide bonds. The molecule has 0 N–H and O–H groups in total. The molecule has 0 aliphatic heterocycles. The first-order chi connectivity index (χ1) is 28.9. The molecule has 59 heavy (non-hydrogen) atoms. The Hall–Kier alpha value is -7.16. The van der Waals surface area contributed by atoms with Gasteiger partial charge in [-0.1, -0.05) is 176 Å². The molecule has 2 aromatic heterocycles. The van der Waals surface area contributed by atoms with Gasteiger partial charge in [-0.25, -0.2) is 4.98 Å². The zero-order valence-corrected chi connectivity index (χ0v) is 33.7. The first-order valence-electron chi connectivity index (χ1n) is 20.6. The van der Waals surface area contributed by atoms with Gasteiger partial charge in [0.05, 0.1) is 22.1 Å². The molecular formula is C57H42N2. The van der Waals surface area contributed by atoms with E-state index in [0.29, 0.717) is 0 Å². The molecule has 1 aliphatic rings. The third kappa shape index (κ3) is 5.12. The second-order valence-corrected chi connectivity index (χ2v) is 16.2. The molecule has 0 radical (unpaired) electrons. The maximum atomic E-state index is 5.33. The highest BCUT2D eigenvalue weighted by Crippen LogP contribution is 2.58. The number of nitrogens with zero attached hydrogens (tertiary/aromatic N) is 2. The number of pyridine rings is 2. The summed E-state index contributed by atoms with van der Waals surface area (Å²) in [6, 6.07) is 65.0. The SMILES string of the molecule is Cc1cnc2c(ccc3c(C)c(C)c(-c4ccc(-c5ccc(-c6cccc7c6-c6ccccc6C7(c6ccccc6)c6ccccc6)c6ccccc56)cc4)nc32)c1C. The van der Waals surface area contributed by atoms with Crippen molar-refractivity contribution in [3.63, 3.8) is 0 Å². The van der Waals surface area contributed by atoms with Gasteiger partial charge in [-0.15, -0.1) is 0 Å². The smallest absolute Gasteiger partial charge is 0.0975 e. The van der Waals surface area contributed by atoms with Gasteiger partial charge in [-0.3, -0.25) is 4.98 Å². The number of rotatable bonds is 5. The van der Waals surface area contributed by atoms with Crippen LogP contribution in [-0.2, 0) is 5.41 Å². The van der Waals surface area contributed by atoms with Crippen molar-refractivity contribution >= 4 is 32.6 Å². The van der Waals surface area contributed by atoms with Crippen molar-refractivity contribution in [1.82, 2.24) is 9.97 Å². The van der Waals surface area contributed by atoms with E-state index >= 15 is 0 Å². The number of fused-ring (bicyclic) bond motifs is 7. The first-order valence-corrected chi connectivity index (χ1v) is 20.6. The monoisotopic (exact) mass is 754 g/mol. The van der Waals surface area contributed by atoms with Crippen LogP contribution in [0.25, 0.3) is 77.2 Å². The summed E-state index contributed by atoms with van der Waals surface area (Å²) in [7, 11) is 0. The van der Waals surface area contributed by atoms with E-state index in [1.807, 2.05) is 6.20 Å². The van der Waals surface area contributed by atoms with Crippen molar-refractivity contribution in [3.8, 4) is 44.6 Å². The van der Waals surface area contributed by atoms with E-state index in [-0.39, 0.29) is 0 Å². The molecule has 0 bridgehead atoms. The van der Waals surface area contributed by atoms with Gasteiger partial charge >= 0.3 is 0 Å². The second-order valence-electron chi connectivity index (χ2n) is 16.2. The Morgan fingerprint density at radius 3 is 1.64 bits per heavy atom. The molecule has 2 heterocycles. The average molecular weight is 755 g/mol. The Balaban J connectivity index is 1.06. The normalized spacial score (nSPS) is 12.9. The van der Waals surface area contributed by atoms with Gasteiger partial charge in [0, 0.05) is 22.5 Å². The van der Waals surface area contributed by atoms with Crippen LogP contribution in [0.1, 0.15) is 44.5 Å². The third-order valence-electron chi connectivity index (χ3n) is 13.2. The van der Waals surface area contributed by atoms with Crippen LogP contribution in [0.5, 0.6) is 0 Å². The molecule has 1 aliphatic carbocycles. The van der Waals surface area contributed by atoms with Crippen molar-refractivity contribution in [2.75, 3.05) is 0 Å². The lowest BCUT2D eigenvalue weighted by Crippen LogP contribution is -2.28. The lowest BCUT2D eigenvalue weighted by Gasteiger charge is -2.34. The lowest BCUT2D eigenvalue weighted by atomic mass is 9.67. The zero-order chi connectivity index (χ0) is 39.8. The van der Waals surface area contributed by atoms with Crippen LogP contribution in [0.15, 0.2) is 182 Å². The van der Waals surface area contributed by atoms with Gasteiger partial charge in [0.1, 0.15) is 0 Å². The zero-order valence-electron chi connectivity index (χ0n) is 33.7. The molecule has 11 rings (SSSR count). The van der Waals surface area contributed by atoms with E-state index in [1.54, 1.807) is 0 Å². The maximum Gasteiger partial charge on any atom is 0.0975 e. The van der Waals surface area contributed by atoms with Crippen molar-refractivity contribution in [1.29, 1.82) is 0 Å². The van der Waals surface area contributed by atoms with Crippen LogP contribution in [0.2, 0.25) is 0 Å². The number of benzene rings is 8. The molecule has 0 saturated heterocycles. The van der Waals surface area contributed by atoms with E-state index in [9.17, 15) is 0 Å². The minimum absolute atomic E-state index is 0.444. The quantitative estimate of drug-likeness (QED) is 0.164. The fraction of sp³-hybridized carbons (Fsp3) is 0.0877. The van der Waals surface area contributed by atoms with Crippen LogP contribution in [0, 0.1) is 27.7 Å². The lowest BCUT2D eigenvalue weighted by molar-refractivity contribution is 0.768. The summed E-state index contributed by atoms with van der Waals surface area (Å²) in [5.41, 5.74) is 21.2. The number of hydrogen-bond donors (Lipinski definition) is 0. The standard InChI is InChI=1S/C57H42N2/c1-35-34-58-55-43(36(35)2)30-31-44-37(3)38(4)54(59-56(44)55)40-28-26-39(27-29-40)45-32-33-48(47-21-12-11-20-46(45)47)49-23-15-25-52-53(49)50-22-13-14-24-51(50)57(52,41-16-7-5-8-17-41)42-18-9-6-10-19-42/h5-34H,1-4H3. The third-order valence-corrected chi connectivity index (χ3v) is 13.2. The van der Waals surface area contributed by atoms with Crippen molar-refractivity contribution in [2.45, 2.75) is 33.1 Å². The number of hydrogen-bond acceptors (Lipinski definition) is 2. The summed E-state index contributed by atoms with van der Waals surface area (Å²) in [6.07, 6.45) is 1.98. The molecular weight excluding hydrogens is 713 g/mol. The highest BCUT2D eigenvalue weighted by molar-refractivity contribution is 6.09. The van der Waals surface area contributed by atoms with E-state index < -0.39 is 5.41 Å². The highest BCUT2D eigenvalue weighted by Gasteiger charge is 2.46. The Bertz CT molecular complexity index is 3250. The van der Waals surface area contributed by atoms with Crippen LogP contribution >= 0.6 is 0 Å². The molecule has 0 spiro atoms. The Morgan fingerprint density at radius 1 is 0.373 bits per heavy atom. The van der Waals surface area contributed by atoms with Crippen molar-refractivity contribution in [3.05, 3.63) is 227 Å². The Kier molecular flexibility index (Phi) is 8.00. The van der Waals surface area contributed by atoms with Gasteiger partial charge in [0.25, 0.3) is 0 Å². The van der Waals surface area contributed by atoms with E-state index in [4.69, 9.17) is 9.97 Å². The summed E-state index contributed by atoms with van der Waals surface area (Å²) in [5.74, 6) is 0. The summed E-state index contributed by atoms with van der Waals surface area (Å²) in [5, 5.41) is 4.81. The van der Waals surface area contributed by atoms with E-state index in [2.05, 4.69) is 204 Å². The summed E-state index contributed by atoms with van der Waals surface area (Å²) in [6.45, 7) is 8.70. The van der Waals surface area contributed by atoms with Crippen molar-refractivity contribution < 1.29 is 0 Å². The summed E-state index contributed by atoms with van der Waals surface area (Å²) in [4.78, 5) is 10.2. The predicted octanol–water partition coefficient (Wildman–Crippen LogP) is 14.5. The maximum absolute atomic E-state index is 5.33. The Labute approximate surface area is 345 Å². The molecule has 0 fully saturated rings. The number of aryl methyl sites for hydroxylation is 3. The Morgan fingerprint density at radius 2 is 0.932 bits per heavy atom. The molecule has 280 valence electrons. The molecule has 2 heteroatoms. The largest absolute Gasteiger partial charge is 0.254 e. The van der Waals surface area contributed by atoms with Crippen LogP contribution in [-0.4, -0.2) is 9.97 Å². The number of aromatic nitrogens is 2. The van der Waals surface area contributed by atoms with Crippen molar-refractivity contribution in [2.24, 2.45) is 0 Å². The van der Waals surface area contributed by atoms with E-state index in [0.717, 1.165) is 27.7 Å².